The van der Waals surface area contributed by atoms with Gasteiger partial charge in [-0.3, -0.25) is 10.1 Å². The Labute approximate surface area is 125 Å². The van der Waals surface area contributed by atoms with Crippen molar-refractivity contribution in [1.29, 1.82) is 0 Å². The SMILES string of the molecule is CC(OC(=O)c1cc([N+](=O)[O-])ccc1N)c1ccc(F)cc1. The maximum atomic E-state index is 12.9. The second kappa shape index (κ2) is 6.21. The van der Waals surface area contributed by atoms with Gasteiger partial charge in [0.25, 0.3) is 5.69 Å². The highest BCUT2D eigenvalue weighted by Gasteiger charge is 2.19. The molecule has 0 aliphatic heterocycles. The third-order valence-corrected chi connectivity index (χ3v) is 3.09. The van der Waals surface area contributed by atoms with Crippen LogP contribution < -0.4 is 5.73 Å². The van der Waals surface area contributed by atoms with Crippen LogP contribution in [0.2, 0.25) is 0 Å². The topological polar surface area (TPSA) is 95.5 Å². The fraction of sp³-hybridized carbons (Fsp3) is 0.133. The summed E-state index contributed by atoms with van der Waals surface area (Å²) < 4.78 is 18.1. The molecule has 1 unspecified atom stereocenters. The van der Waals surface area contributed by atoms with Crippen molar-refractivity contribution in [2.75, 3.05) is 5.73 Å². The predicted molar refractivity (Wildman–Crippen MR) is 77.7 cm³/mol. The first-order valence-electron chi connectivity index (χ1n) is 6.39. The largest absolute Gasteiger partial charge is 0.454 e. The molecule has 0 aliphatic carbocycles. The van der Waals surface area contributed by atoms with Crippen molar-refractivity contribution in [3.8, 4) is 0 Å². The lowest BCUT2D eigenvalue weighted by Crippen LogP contribution is -2.11. The first-order valence-corrected chi connectivity index (χ1v) is 6.39. The number of non-ortho nitro benzene ring substituents is 1. The average Bonchev–Trinajstić information content (AvgIpc) is 2.47. The Balaban J connectivity index is 2.20. The van der Waals surface area contributed by atoms with Gasteiger partial charge in [0.1, 0.15) is 11.9 Å². The second-order valence-corrected chi connectivity index (χ2v) is 4.63. The molecule has 2 aromatic rings. The van der Waals surface area contributed by atoms with E-state index in [1.165, 1.54) is 36.4 Å². The molecule has 22 heavy (non-hydrogen) atoms. The molecule has 2 aromatic carbocycles. The summed E-state index contributed by atoms with van der Waals surface area (Å²) in [7, 11) is 0. The van der Waals surface area contributed by atoms with Crippen molar-refractivity contribution in [2.45, 2.75) is 13.0 Å². The number of ether oxygens (including phenoxy) is 1. The van der Waals surface area contributed by atoms with Gasteiger partial charge in [-0.15, -0.1) is 0 Å². The summed E-state index contributed by atoms with van der Waals surface area (Å²) in [5.41, 5.74) is 6.00. The number of anilines is 1. The Morgan fingerprint density at radius 2 is 1.91 bits per heavy atom. The van der Waals surface area contributed by atoms with Gasteiger partial charge in [0.2, 0.25) is 0 Å². The van der Waals surface area contributed by atoms with Crippen molar-refractivity contribution in [3.05, 3.63) is 69.5 Å². The molecule has 2 rings (SSSR count). The monoisotopic (exact) mass is 304 g/mol. The highest BCUT2D eigenvalue weighted by atomic mass is 19.1. The summed E-state index contributed by atoms with van der Waals surface area (Å²) in [5.74, 6) is -1.18. The van der Waals surface area contributed by atoms with Gasteiger partial charge in [0, 0.05) is 17.8 Å². The predicted octanol–water partition coefficient (Wildman–Crippen LogP) is 3.23. The lowest BCUT2D eigenvalue weighted by molar-refractivity contribution is -0.384. The van der Waals surface area contributed by atoms with E-state index in [0.29, 0.717) is 5.56 Å². The normalized spacial score (nSPS) is 11.7. The van der Waals surface area contributed by atoms with Gasteiger partial charge in [-0.1, -0.05) is 12.1 Å². The van der Waals surface area contributed by atoms with Gasteiger partial charge < -0.3 is 10.5 Å². The Morgan fingerprint density at radius 1 is 1.27 bits per heavy atom. The Bertz CT molecular complexity index is 716. The third-order valence-electron chi connectivity index (χ3n) is 3.09. The number of nitrogens with two attached hydrogens (primary N) is 1. The molecule has 0 saturated carbocycles. The van der Waals surface area contributed by atoms with E-state index in [4.69, 9.17) is 10.5 Å². The zero-order valence-electron chi connectivity index (χ0n) is 11.7. The van der Waals surface area contributed by atoms with Crippen molar-refractivity contribution in [2.24, 2.45) is 0 Å². The molecule has 0 aliphatic rings. The van der Waals surface area contributed by atoms with Crippen LogP contribution in [0.5, 0.6) is 0 Å². The first-order chi connectivity index (χ1) is 10.4. The minimum Gasteiger partial charge on any atom is -0.454 e. The molecular formula is C15H13FN2O4. The van der Waals surface area contributed by atoms with E-state index in [-0.39, 0.29) is 16.9 Å². The molecule has 7 heteroatoms. The molecule has 114 valence electrons. The molecule has 0 bridgehead atoms. The second-order valence-electron chi connectivity index (χ2n) is 4.63. The number of nitrogen functional groups attached to an aromatic ring is 1. The van der Waals surface area contributed by atoms with E-state index in [0.717, 1.165) is 6.07 Å². The number of carbonyl (C=O) groups excluding carboxylic acids is 1. The van der Waals surface area contributed by atoms with Crippen LogP contribution in [0, 0.1) is 15.9 Å². The van der Waals surface area contributed by atoms with E-state index in [1.54, 1.807) is 6.92 Å². The van der Waals surface area contributed by atoms with Crippen LogP contribution in [0.25, 0.3) is 0 Å². The molecule has 6 nitrogen and oxygen atoms in total. The molecule has 1 atom stereocenters. The number of hydrogen-bond donors (Lipinski definition) is 1. The molecule has 0 amide bonds. The molecule has 0 radical (unpaired) electrons. The van der Waals surface area contributed by atoms with Gasteiger partial charge in [0.05, 0.1) is 10.5 Å². The number of halogens is 1. The highest BCUT2D eigenvalue weighted by Crippen LogP contribution is 2.24. The summed E-state index contributed by atoms with van der Waals surface area (Å²) in [5, 5.41) is 10.7. The fourth-order valence-corrected chi connectivity index (χ4v) is 1.86. The zero-order valence-corrected chi connectivity index (χ0v) is 11.7. The summed E-state index contributed by atoms with van der Waals surface area (Å²) in [6.07, 6.45) is -0.647. The summed E-state index contributed by atoms with van der Waals surface area (Å²) in [6.45, 7) is 1.61. The molecule has 0 spiro atoms. The number of rotatable bonds is 4. The molecule has 0 aromatic heterocycles. The first kappa shape index (κ1) is 15.4. The minimum absolute atomic E-state index is 0.0804. The van der Waals surface area contributed by atoms with Crippen molar-refractivity contribution in [1.82, 2.24) is 0 Å². The third kappa shape index (κ3) is 3.38. The smallest absolute Gasteiger partial charge is 0.341 e. The van der Waals surface area contributed by atoms with Gasteiger partial charge in [-0.25, -0.2) is 9.18 Å². The van der Waals surface area contributed by atoms with E-state index < -0.39 is 22.8 Å². The molecule has 0 saturated heterocycles. The highest BCUT2D eigenvalue weighted by molar-refractivity contribution is 5.96. The van der Waals surface area contributed by atoms with E-state index in [9.17, 15) is 19.3 Å². The molecule has 0 heterocycles. The van der Waals surface area contributed by atoms with Gasteiger partial charge in [0.15, 0.2) is 0 Å². The van der Waals surface area contributed by atoms with E-state index >= 15 is 0 Å². The molecule has 0 fully saturated rings. The van der Waals surface area contributed by atoms with Crippen LogP contribution in [-0.2, 0) is 4.74 Å². The van der Waals surface area contributed by atoms with Crippen LogP contribution >= 0.6 is 0 Å². The minimum atomic E-state index is -0.780. The Kier molecular flexibility index (Phi) is 4.36. The number of hydrogen-bond acceptors (Lipinski definition) is 5. The number of nitro groups is 1. The number of nitrogens with zero attached hydrogens (tertiary/aromatic N) is 1. The van der Waals surface area contributed by atoms with Gasteiger partial charge in [-0.05, 0) is 30.7 Å². The van der Waals surface area contributed by atoms with Crippen molar-refractivity contribution in [3.63, 3.8) is 0 Å². The number of carbonyl (C=O) groups is 1. The van der Waals surface area contributed by atoms with Crippen molar-refractivity contribution >= 4 is 17.3 Å². The zero-order chi connectivity index (χ0) is 16.3. The number of nitro benzene ring substituents is 1. The molecular weight excluding hydrogens is 291 g/mol. The van der Waals surface area contributed by atoms with Gasteiger partial charge >= 0.3 is 5.97 Å². The van der Waals surface area contributed by atoms with E-state index in [2.05, 4.69) is 0 Å². The number of esters is 1. The standard InChI is InChI=1S/C15H13FN2O4/c1-9(10-2-4-11(16)5-3-10)22-15(19)13-8-12(18(20)21)6-7-14(13)17/h2-9H,17H2,1H3. The summed E-state index contributed by atoms with van der Waals surface area (Å²) >= 11 is 0. The van der Waals surface area contributed by atoms with Crippen LogP contribution in [0.3, 0.4) is 0 Å². The Hall–Kier alpha value is -2.96. The van der Waals surface area contributed by atoms with Crippen LogP contribution in [0.1, 0.15) is 28.9 Å². The Morgan fingerprint density at radius 3 is 2.50 bits per heavy atom. The van der Waals surface area contributed by atoms with Gasteiger partial charge in [-0.2, -0.15) is 0 Å². The quantitative estimate of drug-likeness (QED) is 0.405. The fourth-order valence-electron chi connectivity index (χ4n) is 1.86. The maximum absolute atomic E-state index is 12.9. The lowest BCUT2D eigenvalue weighted by atomic mass is 10.1. The van der Waals surface area contributed by atoms with Crippen LogP contribution in [0.4, 0.5) is 15.8 Å². The lowest BCUT2D eigenvalue weighted by Gasteiger charge is -2.14. The van der Waals surface area contributed by atoms with Crippen LogP contribution in [-0.4, -0.2) is 10.9 Å². The molecule has 2 N–H and O–H groups in total. The average molecular weight is 304 g/mol. The van der Waals surface area contributed by atoms with Crippen LogP contribution in [0.15, 0.2) is 42.5 Å². The number of benzene rings is 2. The summed E-state index contributed by atoms with van der Waals surface area (Å²) in [4.78, 5) is 22.2. The van der Waals surface area contributed by atoms with E-state index in [1.807, 2.05) is 0 Å². The summed E-state index contributed by atoms with van der Waals surface area (Å²) in [6, 6.07) is 9.03. The van der Waals surface area contributed by atoms with Crippen molar-refractivity contribution < 1.29 is 18.8 Å². The maximum Gasteiger partial charge on any atom is 0.341 e.